The number of cyclic esters (lactones) is 1. The van der Waals surface area contributed by atoms with Crippen LogP contribution in [0.1, 0.15) is 45.4 Å². The van der Waals surface area contributed by atoms with Gasteiger partial charge in [-0.15, -0.1) is 0 Å². The van der Waals surface area contributed by atoms with Crippen molar-refractivity contribution in [2.24, 2.45) is 11.8 Å². The molecule has 0 bridgehead atoms. The van der Waals surface area contributed by atoms with E-state index in [0.717, 1.165) is 12.8 Å². The molecule has 0 aromatic heterocycles. The molecule has 226 valence electrons. The van der Waals surface area contributed by atoms with Crippen LogP contribution in [0.25, 0.3) is 0 Å². The van der Waals surface area contributed by atoms with E-state index < -0.39 is 41.7 Å². The van der Waals surface area contributed by atoms with Crippen LogP contribution in [0.3, 0.4) is 0 Å². The molecule has 42 heavy (non-hydrogen) atoms. The number of amides is 3. The normalized spacial score (nSPS) is 32.2. The van der Waals surface area contributed by atoms with Crippen LogP contribution in [0.5, 0.6) is 0 Å². The van der Waals surface area contributed by atoms with Crippen molar-refractivity contribution in [3.63, 3.8) is 0 Å². The number of rotatable bonds is 7. The first-order valence-corrected chi connectivity index (χ1v) is 15.1. The van der Waals surface area contributed by atoms with E-state index in [-0.39, 0.29) is 43.8 Å². The fourth-order valence-electron chi connectivity index (χ4n) is 6.54. The third kappa shape index (κ3) is 5.72. The molecular formula is C31H38ClN3O7. The molecule has 1 aromatic rings. The van der Waals surface area contributed by atoms with Crippen molar-refractivity contribution in [2.75, 3.05) is 31.1 Å². The number of unbranched alkanes of at least 4 members (excludes halogenated alkanes) is 3. The maximum Gasteiger partial charge on any atom is 0.313 e. The van der Waals surface area contributed by atoms with Gasteiger partial charge in [-0.1, -0.05) is 60.9 Å². The average Bonchev–Trinajstić information content (AvgIpc) is 3.34. The van der Waals surface area contributed by atoms with E-state index >= 15 is 0 Å². The molecule has 2 fully saturated rings. The number of allylic oxidation sites excluding steroid dienone is 1. The number of nitrogens with one attached hydrogen (secondary N) is 1. The van der Waals surface area contributed by atoms with Crippen LogP contribution < -0.4 is 10.2 Å². The van der Waals surface area contributed by atoms with Crippen LogP contribution >= 0.6 is 11.6 Å². The molecule has 0 unspecified atom stereocenters. The Balaban J connectivity index is 1.55. The number of esters is 1. The molecule has 3 amide bonds. The van der Waals surface area contributed by atoms with Crippen LogP contribution in [-0.4, -0.2) is 83.8 Å². The van der Waals surface area contributed by atoms with E-state index in [1.54, 1.807) is 65.3 Å². The van der Waals surface area contributed by atoms with Gasteiger partial charge in [-0.3, -0.25) is 19.2 Å². The van der Waals surface area contributed by atoms with Gasteiger partial charge in [-0.2, -0.15) is 0 Å². The minimum absolute atomic E-state index is 0.0984. The first kappa shape index (κ1) is 30.3. The third-order valence-electron chi connectivity index (χ3n) is 8.48. The van der Waals surface area contributed by atoms with Crippen molar-refractivity contribution in [1.82, 2.24) is 10.2 Å². The Kier molecular flexibility index (Phi) is 9.35. The zero-order valence-electron chi connectivity index (χ0n) is 23.7. The van der Waals surface area contributed by atoms with Gasteiger partial charge in [0.2, 0.25) is 11.8 Å². The van der Waals surface area contributed by atoms with Crippen molar-refractivity contribution < 1.29 is 33.8 Å². The zero-order chi connectivity index (χ0) is 29.9. The van der Waals surface area contributed by atoms with E-state index in [2.05, 4.69) is 5.32 Å². The van der Waals surface area contributed by atoms with Crippen LogP contribution in [0.15, 0.2) is 48.6 Å². The monoisotopic (exact) mass is 599 g/mol. The molecule has 2 N–H and O–H groups in total. The van der Waals surface area contributed by atoms with Crippen molar-refractivity contribution in [1.29, 1.82) is 0 Å². The predicted molar refractivity (Wildman–Crippen MR) is 156 cm³/mol. The summed E-state index contributed by atoms with van der Waals surface area (Å²) in [6.45, 7) is 2.47. The molecule has 2 saturated heterocycles. The van der Waals surface area contributed by atoms with Gasteiger partial charge in [0.25, 0.3) is 5.91 Å². The largest absolute Gasteiger partial charge is 0.460 e. The topological polar surface area (TPSA) is 125 Å². The van der Waals surface area contributed by atoms with Crippen LogP contribution in [0.2, 0.25) is 5.02 Å². The second kappa shape index (κ2) is 13.0. The van der Waals surface area contributed by atoms with Crippen LogP contribution in [0, 0.1) is 11.8 Å². The maximum atomic E-state index is 14.5. The Hall–Kier alpha value is -3.21. The second-order valence-corrected chi connectivity index (χ2v) is 11.7. The van der Waals surface area contributed by atoms with E-state index in [9.17, 15) is 19.2 Å². The summed E-state index contributed by atoms with van der Waals surface area (Å²) in [5.41, 5.74) is -0.870. The molecule has 4 aliphatic heterocycles. The van der Waals surface area contributed by atoms with Gasteiger partial charge >= 0.3 is 5.97 Å². The molecule has 4 aliphatic rings. The number of nitrogens with zero attached hydrogens (tertiary/aromatic N) is 2. The molecule has 0 radical (unpaired) electrons. The molecular weight excluding hydrogens is 562 g/mol. The highest BCUT2D eigenvalue weighted by Gasteiger charge is 2.71. The number of aliphatic hydroxyl groups excluding tert-OH is 1. The standard InChI is InChI=1S/C31H38ClN3O7/c1-20-19-33-24(37)14-7-6-13-23-25(30(40)41-20)26-28(38)35(16-8-2-3-9-18-36)27-29(39)34(17-10-15-31(26,27)42-23)22-12-5-4-11-21(22)32/h4-6,10-13,15,20,23,25-27,36H,2-3,7-9,14,16-19H2,1H3,(H,33,37)/b13-6-/t20-,23-,25+,26+,27-,31+/m1/s1. The molecule has 4 heterocycles. The van der Waals surface area contributed by atoms with E-state index in [1.807, 2.05) is 0 Å². The number of carbonyl (C=O) groups is 4. The Bertz CT molecular complexity index is 1270. The van der Waals surface area contributed by atoms with Gasteiger partial charge < -0.3 is 29.7 Å². The second-order valence-electron chi connectivity index (χ2n) is 11.3. The number of ether oxygens (including phenoxy) is 2. The number of hydrogen-bond acceptors (Lipinski definition) is 7. The van der Waals surface area contributed by atoms with Gasteiger partial charge in [0.05, 0.1) is 29.3 Å². The Morgan fingerprint density at radius 3 is 2.64 bits per heavy atom. The minimum Gasteiger partial charge on any atom is -0.460 e. The van der Waals surface area contributed by atoms with E-state index in [0.29, 0.717) is 36.5 Å². The summed E-state index contributed by atoms with van der Waals surface area (Å²) in [4.78, 5) is 57.8. The lowest BCUT2D eigenvalue weighted by Gasteiger charge is -2.35. The van der Waals surface area contributed by atoms with Gasteiger partial charge in [0.1, 0.15) is 23.7 Å². The fourth-order valence-corrected chi connectivity index (χ4v) is 6.77. The number of carbonyl (C=O) groups excluding carboxylic acids is 4. The van der Waals surface area contributed by atoms with Crippen molar-refractivity contribution >= 4 is 41.0 Å². The first-order valence-electron chi connectivity index (χ1n) is 14.7. The fraction of sp³-hybridized carbons (Fsp3) is 0.548. The summed E-state index contributed by atoms with van der Waals surface area (Å²) < 4.78 is 12.4. The summed E-state index contributed by atoms with van der Waals surface area (Å²) in [6.07, 6.45) is 9.21. The van der Waals surface area contributed by atoms with Crippen molar-refractivity contribution in [3.05, 3.63) is 53.6 Å². The number of fused-ring (bicyclic) bond motifs is 2. The highest BCUT2D eigenvalue weighted by atomic mass is 35.5. The lowest BCUT2D eigenvalue weighted by atomic mass is 9.78. The lowest BCUT2D eigenvalue weighted by Crippen LogP contribution is -2.55. The van der Waals surface area contributed by atoms with Crippen LogP contribution in [-0.2, 0) is 28.7 Å². The lowest BCUT2D eigenvalue weighted by molar-refractivity contribution is -0.158. The summed E-state index contributed by atoms with van der Waals surface area (Å²) in [6, 6.07) is 6.04. The summed E-state index contributed by atoms with van der Waals surface area (Å²) in [7, 11) is 0. The number of para-hydroxylation sites is 1. The number of halogens is 1. The molecule has 11 heteroatoms. The third-order valence-corrected chi connectivity index (χ3v) is 8.80. The maximum absolute atomic E-state index is 14.5. The average molecular weight is 600 g/mol. The van der Waals surface area contributed by atoms with Gasteiger partial charge in [0.15, 0.2) is 0 Å². The molecule has 1 spiro atoms. The van der Waals surface area contributed by atoms with Crippen LogP contribution in [0.4, 0.5) is 5.69 Å². The number of likely N-dealkylation sites (tertiary alicyclic amines) is 1. The Morgan fingerprint density at radius 2 is 1.86 bits per heavy atom. The number of hydrogen-bond donors (Lipinski definition) is 2. The highest BCUT2D eigenvalue weighted by Crippen LogP contribution is 2.53. The van der Waals surface area contributed by atoms with E-state index in [4.69, 9.17) is 26.2 Å². The molecule has 5 rings (SSSR count). The Labute approximate surface area is 250 Å². The van der Waals surface area contributed by atoms with Crippen molar-refractivity contribution in [2.45, 2.75) is 69.3 Å². The van der Waals surface area contributed by atoms with Gasteiger partial charge in [0, 0.05) is 26.1 Å². The number of benzene rings is 1. The van der Waals surface area contributed by atoms with E-state index in [1.165, 1.54) is 0 Å². The molecule has 6 atom stereocenters. The smallest absolute Gasteiger partial charge is 0.313 e. The molecule has 0 aliphatic carbocycles. The quantitative estimate of drug-likeness (QED) is 0.280. The number of anilines is 1. The molecule has 1 aromatic carbocycles. The zero-order valence-corrected chi connectivity index (χ0v) is 24.5. The molecule has 10 nitrogen and oxygen atoms in total. The SMILES string of the molecule is C[C@@H]1CNC(=O)CC/C=C\[C@H]2O[C@]34C=CCN(c5ccccc5Cl)C(=O)[C@H]3N(CCCCCCO)C(=O)[C@@H]4[C@H]2C(=O)O1. The van der Waals surface area contributed by atoms with Gasteiger partial charge in [-0.25, -0.2) is 0 Å². The minimum atomic E-state index is -1.40. The number of aliphatic hydroxyl groups is 1. The highest BCUT2D eigenvalue weighted by molar-refractivity contribution is 6.34. The summed E-state index contributed by atoms with van der Waals surface area (Å²) >= 11 is 6.51. The predicted octanol–water partition coefficient (Wildman–Crippen LogP) is 2.77. The first-order chi connectivity index (χ1) is 20.3. The van der Waals surface area contributed by atoms with Crippen molar-refractivity contribution in [3.8, 4) is 0 Å². The Morgan fingerprint density at radius 1 is 1.07 bits per heavy atom. The van der Waals surface area contributed by atoms with Gasteiger partial charge in [-0.05, 0) is 38.3 Å². The molecule has 0 saturated carbocycles. The summed E-state index contributed by atoms with van der Waals surface area (Å²) in [5, 5.41) is 12.3. The summed E-state index contributed by atoms with van der Waals surface area (Å²) in [5.74, 6) is -3.36.